The summed E-state index contributed by atoms with van der Waals surface area (Å²) >= 11 is 4.94. The predicted octanol–water partition coefficient (Wildman–Crippen LogP) is 2.36. The Morgan fingerprint density at radius 2 is 2.38 bits per heavy atom. The van der Waals surface area contributed by atoms with Gasteiger partial charge in [0, 0.05) is 11.3 Å². The van der Waals surface area contributed by atoms with Crippen LogP contribution in [0.15, 0.2) is 15.9 Å². The Balaban J connectivity index is 2.54. The van der Waals surface area contributed by atoms with Crippen molar-refractivity contribution < 1.29 is 4.79 Å². The highest BCUT2D eigenvalue weighted by atomic mass is 79.9. The standard InChI is InChI=1S/C9H12BrNOS/c1-2-7(11)8(12)5-6-3-4-9(10)13-6/h3-4,7H,2,5,11H2,1H3. The molecule has 0 aliphatic rings. The molecule has 0 fully saturated rings. The maximum atomic E-state index is 11.4. The van der Waals surface area contributed by atoms with Crippen LogP contribution < -0.4 is 5.73 Å². The van der Waals surface area contributed by atoms with Crippen molar-refractivity contribution in [2.45, 2.75) is 25.8 Å². The molecule has 0 aliphatic heterocycles. The van der Waals surface area contributed by atoms with Crippen LogP contribution in [0.5, 0.6) is 0 Å². The molecule has 1 rings (SSSR count). The molecule has 4 heteroatoms. The summed E-state index contributed by atoms with van der Waals surface area (Å²) in [5.74, 6) is 0.122. The average Bonchev–Trinajstić information content (AvgIpc) is 2.49. The molecule has 1 aromatic heterocycles. The van der Waals surface area contributed by atoms with Crippen molar-refractivity contribution in [1.29, 1.82) is 0 Å². The average molecular weight is 262 g/mol. The summed E-state index contributed by atoms with van der Waals surface area (Å²) in [6, 6.07) is 3.60. The second-order valence-corrected chi connectivity index (χ2v) is 5.41. The highest BCUT2D eigenvalue weighted by Crippen LogP contribution is 2.22. The molecule has 1 unspecified atom stereocenters. The van der Waals surface area contributed by atoms with E-state index in [1.54, 1.807) is 11.3 Å². The zero-order valence-corrected chi connectivity index (χ0v) is 9.82. The van der Waals surface area contributed by atoms with E-state index in [1.165, 1.54) is 0 Å². The lowest BCUT2D eigenvalue weighted by atomic mass is 10.1. The smallest absolute Gasteiger partial charge is 0.154 e. The normalized spacial score (nSPS) is 12.8. The fraction of sp³-hybridized carbons (Fsp3) is 0.444. The number of thiophene rings is 1. The molecule has 2 N–H and O–H groups in total. The summed E-state index contributed by atoms with van der Waals surface area (Å²) in [4.78, 5) is 12.5. The van der Waals surface area contributed by atoms with Gasteiger partial charge in [0.1, 0.15) is 0 Å². The zero-order valence-electron chi connectivity index (χ0n) is 7.42. The first kappa shape index (κ1) is 10.9. The van der Waals surface area contributed by atoms with Crippen LogP contribution in [0, 0.1) is 0 Å². The fourth-order valence-electron chi connectivity index (χ4n) is 0.977. The van der Waals surface area contributed by atoms with Crippen molar-refractivity contribution in [3.63, 3.8) is 0 Å². The first-order valence-electron chi connectivity index (χ1n) is 4.16. The Morgan fingerprint density at radius 3 is 2.85 bits per heavy atom. The van der Waals surface area contributed by atoms with E-state index in [0.29, 0.717) is 12.8 Å². The third-order valence-corrected chi connectivity index (χ3v) is 3.45. The van der Waals surface area contributed by atoms with Gasteiger partial charge in [0.05, 0.1) is 9.83 Å². The summed E-state index contributed by atoms with van der Waals surface area (Å²) in [5, 5.41) is 0. The zero-order chi connectivity index (χ0) is 9.84. The number of ketones is 1. The van der Waals surface area contributed by atoms with Crippen LogP contribution in [0.2, 0.25) is 0 Å². The fourth-order valence-corrected chi connectivity index (χ4v) is 2.47. The highest BCUT2D eigenvalue weighted by molar-refractivity contribution is 9.11. The molecule has 0 saturated carbocycles. The van der Waals surface area contributed by atoms with E-state index in [1.807, 2.05) is 19.1 Å². The van der Waals surface area contributed by atoms with Crippen molar-refractivity contribution >= 4 is 33.0 Å². The number of nitrogens with two attached hydrogens (primary N) is 1. The van der Waals surface area contributed by atoms with Gasteiger partial charge in [0.2, 0.25) is 0 Å². The van der Waals surface area contributed by atoms with Crippen molar-refractivity contribution in [2.75, 3.05) is 0 Å². The van der Waals surface area contributed by atoms with Crippen LogP contribution in [-0.2, 0) is 11.2 Å². The van der Waals surface area contributed by atoms with Gasteiger partial charge >= 0.3 is 0 Å². The van der Waals surface area contributed by atoms with E-state index in [0.717, 1.165) is 8.66 Å². The van der Waals surface area contributed by atoms with Crippen molar-refractivity contribution in [3.05, 3.63) is 20.8 Å². The van der Waals surface area contributed by atoms with Gasteiger partial charge in [-0.3, -0.25) is 4.79 Å². The van der Waals surface area contributed by atoms with Gasteiger partial charge in [-0.05, 0) is 34.5 Å². The lowest BCUT2D eigenvalue weighted by Gasteiger charge is -2.05. The number of hydrogen-bond acceptors (Lipinski definition) is 3. The molecule has 0 amide bonds. The van der Waals surface area contributed by atoms with Crippen molar-refractivity contribution in [2.24, 2.45) is 5.73 Å². The Morgan fingerprint density at radius 1 is 1.69 bits per heavy atom. The SMILES string of the molecule is CCC(N)C(=O)Cc1ccc(Br)s1. The van der Waals surface area contributed by atoms with Crippen LogP contribution >= 0.6 is 27.3 Å². The number of rotatable bonds is 4. The van der Waals surface area contributed by atoms with Gasteiger partial charge < -0.3 is 5.73 Å². The van der Waals surface area contributed by atoms with E-state index in [2.05, 4.69) is 15.9 Å². The van der Waals surface area contributed by atoms with Crippen molar-refractivity contribution in [3.8, 4) is 0 Å². The van der Waals surface area contributed by atoms with Gasteiger partial charge in [-0.15, -0.1) is 11.3 Å². The van der Waals surface area contributed by atoms with E-state index < -0.39 is 0 Å². The summed E-state index contributed by atoms with van der Waals surface area (Å²) in [7, 11) is 0. The molecule has 2 nitrogen and oxygen atoms in total. The first-order valence-corrected chi connectivity index (χ1v) is 5.77. The molecular formula is C9H12BrNOS. The summed E-state index contributed by atoms with van der Waals surface area (Å²) < 4.78 is 1.06. The minimum atomic E-state index is -0.305. The summed E-state index contributed by atoms with van der Waals surface area (Å²) in [6.45, 7) is 1.92. The van der Waals surface area contributed by atoms with Crippen LogP contribution in [0.3, 0.4) is 0 Å². The maximum absolute atomic E-state index is 11.4. The summed E-state index contributed by atoms with van der Waals surface area (Å²) in [5.41, 5.74) is 5.61. The number of Topliss-reactive ketones (excluding diaryl/α,β-unsaturated/α-hetero) is 1. The van der Waals surface area contributed by atoms with Gasteiger partial charge in [-0.2, -0.15) is 0 Å². The molecule has 0 aliphatic carbocycles. The number of hydrogen-bond donors (Lipinski definition) is 1. The third-order valence-electron chi connectivity index (χ3n) is 1.83. The van der Waals surface area contributed by atoms with Gasteiger partial charge in [-0.25, -0.2) is 0 Å². The molecule has 1 atom stereocenters. The molecule has 0 saturated heterocycles. The van der Waals surface area contributed by atoms with Crippen LogP contribution in [0.4, 0.5) is 0 Å². The second kappa shape index (κ2) is 4.88. The topological polar surface area (TPSA) is 43.1 Å². The van der Waals surface area contributed by atoms with E-state index >= 15 is 0 Å². The molecule has 0 aromatic carbocycles. The molecule has 72 valence electrons. The predicted molar refractivity (Wildman–Crippen MR) is 59.0 cm³/mol. The Kier molecular flexibility index (Phi) is 4.09. The van der Waals surface area contributed by atoms with Gasteiger partial charge in [-0.1, -0.05) is 6.92 Å². The van der Waals surface area contributed by atoms with E-state index in [9.17, 15) is 4.79 Å². The number of carbonyl (C=O) groups excluding carboxylic acids is 1. The molecule has 1 aromatic rings. The molecule has 0 spiro atoms. The first-order chi connectivity index (χ1) is 6.13. The largest absolute Gasteiger partial charge is 0.322 e. The monoisotopic (exact) mass is 261 g/mol. The van der Waals surface area contributed by atoms with Crippen LogP contribution in [0.25, 0.3) is 0 Å². The number of halogens is 1. The Labute approximate surface area is 90.3 Å². The molecule has 13 heavy (non-hydrogen) atoms. The van der Waals surface area contributed by atoms with E-state index in [4.69, 9.17) is 5.73 Å². The minimum Gasteiger partial charge on any atom is -0.322 e. The van der Waals surface area contributed by atoms with Crippen molar-refractivity contribution in [1.82, 2.24) is 0 Å². The molecule has 0 radical (unpaired) electrons. The molecular weight excluding hydrogens is 250 g/mol. The van der Waals surface area contributed by atoms with Gasteiger partial charge in [0.25, 0.3) is 0 Å². The Hall–Kier alpha value is -0.190. The minimum absolute atomic E-state index is 0.122. The quantitative estimate of drug-likeness (QED) is 0.905. The Bertz CT molecular complexity index is 298. The van der Waals surface area contributed by atoms with Gasteiger partial charge in [0.15, 0.2) is 5.78 Å². The summed E-state index contributed by atoms with van der Waals surface area (Å²) in [6.07, 6.45) is 1.18. The lowest BCUT2D eigenvalue weighted by molar-refractivity contribution is -0.119. The second-order valence-electron chi connectivity index (χ2n) is 2.86. The van der Waals surface area contributed by atoms with Crippen LogP contribution in [0.1, 0.15) is 18.2 Å². The molecule has 0 bridgehead atoms. The van der Waals surface area contributed by atoms with E-state index in [-0.39, 0.29) is 11.8 Å². The maximum Gasteiger partial charge on any atom is 0.154 e. The highest BCUT2D eigenvalue weighted by Gasteiger charge is 2.12. The molecule has 1 heterocycles. The third kappa shape index (κ3) is 3.21. The van der Waals surface area contributed by atoms with Crippen LogP contribution in [-0.4, -0.2) is 11.8 Å². The number of carbonyl (C=O) groups is 1. The lowest BCUT2D eigenvalue weighted by Crippen LogP contribution is -2.30.